The molecule has 6 heteroatoms. The molecular formula is C16H22F2O4. The van der Waals surface area contributed by atoms with Crippen LogP contribution >= 0.6 is 0 Å². The Morgan fingerprint density at radius 2 is 1.86 bits per heavy atom. The fourth-order valence-electron chi connectivity index (χ4n) is 2.07. The molecule has 0 heterocycles. The van der Waals surface area contributed by atoms with Gasteiger partial charge in [0, 0.05) is 0 Å². The van der Waals surface area contributed by atoms with Crippen LogP contribution in [0, 0.1) is 5.92 Å². The number of aliphatic hydroxyl groups is 1. The van der Waals surface area contributed by atoms with Crippen LogP contribution in [0.4, 0.5) is 8.78 Å². The van der Waals surface area contributed by atoms with Gasteiger partial charge in [0.2, 0.25) is 0 Å². The van der Waals surface area contributed by atoms with E-state index in [1.807, 2.05) is 13.8 Å². The molecule has 1 aromatic rings. The molecule has 0 radical (unpaired) electrons. The number of carbonyl (C=O) groups is 1. The number of alkyl halides is 2. The topological polar surface area (TPSA) is 55.8 Å². The van der Waals surface area contributed by atoms with Crippen molar-refractivity contribution >= 4 is 5.97 Å². The number of esters is 1. The Labute approximate surface area is 129 Å². The van der Waals surface area contributed by atoms with Crippen LogP contribution in [0.2, 0.25) is 0 Å². The molecule has 3 atom stereocenters. The van der Waals surface area contributed by atoms with Crippen LogP contribution < -0.4 is 4.74 Å². The number of benzene rings is 1. The van der Waals surface area contributed by atoms with Crippen molar-refractivity contribution in [3.8, 4) is 5.75 Å². The Bertz CT molecular complexity index is 485. The quantitative estimate of drug-likeness (QED) is 0.785. The molecule has 1 rings (SSSR count). The van der Waals surface area contributed by atoms with Crippen molar-refractivity contribution in [2.24, 2.45) is 5.92 Å². The summed E-state index contributed by atoms with van der Waals surface area (Å²) in [7, 11) is 1.01. The number of hydrogen-bond donors (Lipinski definition) is 1. The number of hydrogen-bond acceptors (Lipinski definition) is 4. The fourth-order valence-corrected chi connectivity index (χ4v) is 2.07. The van der Waals surface area contributed by atoms with Crippen LogP contribution in [-0.4, -0.2) is 30.7 Å². The minimum absolute atomic E-state index is 0.0234. The van der Waals surface area contributed by atoms with Gasteiger partial charge >= 0.3 is 5.97 Å². The number of methoxy groups -OCH3 is 1. The van der Waals surface area contributed by atoms with E-state index in [1.54, 1.807) is 12.1 Å². The number of ether oxygens (including phenoxy) is 2. The monoisotopic (exact) mass is 316 g/mol. The van der Waals surface area contributed by atoms with Crippen LogP contribution in [0.1, 0.15) is 32.8 Å². The van der Waals surface area contributed by atoms with Gasteiger partial charge in [-0.1, -0.05) is 19.1 Å². The van der Waals surface area contributed by atoms with Crippen molar-refractivity contribution in [1.29, 1.82) is 0 Å². The molecule has 0 aliphatic carbocycles. The third-order valence-electron chi connectivity index (χ3n) is 3.66. The van der Waals surface area contributed by atoms with Crippen LogP contribution in [-0.2, 0) is 15.1 Å². The van der Waals surface area contributed by atoms with Crippen molar-refractivity contribution in [2.45, 2.75) is 45.3 Å². The summed E-state index contributed by atoms with van der Waals surface area (Å²) in [6, 6.07) is 6.09. The van der Waals surface area contributed by atoms with Gasteiger partial charge in [-0.15, -0.1) is 0 Å². The van der Waals surface area contributed by atoms with Crippen molar-refractivity contribution in [1.82, 2.24) is 0 Å². The molecule has 1 aromatic carbocycles. The van der Waals surface area contributed by atoms with Crippen LogP contribution in [0.5, 0.6) is 5.75 Å². The maximum Gasteiger partial charge on any atom is 0.317 e. The highest BCUT2D eigenvalue weighted by molar-refractivity contribution is 5.74. The molecule has 0 aliphatic heterocycles. The number of halogens is 2. The zero-order valence-corrected chi connectivity index (χ0v) is 13.2. The molecule has 124 valence electrons. The predicted octanol–water partition coefficient (Wildman–Crippen LogP) is 3.13. The Morgan fingerprint density at radius 1 is 1.32 bits per heavy atom. The largest absolute Gasteiger partial charge is 0.491 e. The van der Waals surface area contributed by atoms with E-state index in [4.69, 9.17) is 4.74 Å². The van der Waals surface area contributed by atoms with E-state index in [0.29, 0.717) is 5.75 Å². The number of carbonyl (C=O) groups excluding carboxylic acids is 1. The van der Waals surface area contributed by atoms with Gasteiger partial charge in [0.1, 0.15) is 17.3 Å². The highest BCUT2D eigenvalue weighted by Crippen LogP contribution is 2.35. The Morgan fingerprint density at radius 3 is 2.27 bits per heavy atom. The van der Waals surface area contributed by atoms with Gasteiger partial charge in [0.25, 0.3) is 6.43 Å². The van der Waals surface area contributed by atoms with Gasteiger partial charge in [0.05, 0.1) is 13.2 Å². The van der Waals surface area contributed by atoms with E-state index >= 15 is 0 Å². The maximum absolute atomic E-state index is 13.1. The molecule has 0 aromatic heterocycles. The first-order valence-corrected chi connectivity index (χ1v) is 7.09. The van der Waals surface area contributed by atoms with E-state index in [9.17, 15) is 18.7 Å². The fraction of sp³-hybridized carbons (Fsp3) is 0.562. The molecule has 0 fully saturated rings. The Kier molecular flexibility index (Phi) is 6.29. The first-order valence-electron chi connectivity index (χ1n) is 7.09. The van der Waals surface area contributed by atoms with E-state index in [0.717, 1.165) is 13.5 Å². The summed E-state index contributed by atoms with van der Waals surface area (Å²) < 4.78 is 36.2. The first-order chi connectivity index (χ1) is 10.2. The highest BCUT2D eigenvalue weighted by Gasteiger charge is 2.46. The highest BCUT2D eigenvalue weighted by atomic mass is 19.3. The lowest BCUT2D eigenvalue weighted by Gasteiger charge is -2.31. The molecule has 0 bridgehead atoms. The molecule has 4 nitrogen and oxygen atoms in total. The summed E-state index contributed by atoms with van der Waals surface area (Å²) in [6.07, 6.45) is -2.19. The van der Waals surface area contributed by atoms with Gasteiger partial charge in [-0.3, -0.25) is 4.79 Å². The number of rotatable bonds is 7. The van der Waals surface area contributed by atoms with E-state index in [1.165, 1.54) is 19.1 Å². The molecule has 0 spiro atoms. The van der Waals surface area contributed by atoms with Crippen molar-refractivity contribution < 1.29 is 28.2 Å². The molecule has 0 aliphatic rings. The van der Waals surface area contributed by atoms with E-state index < -0.39 is 23.9 Å². The average molecular weight is 316 g/mol. The lowest BCUT2D eigenvalue weighted by Crippen LogP contribution is -2.42. The van der Waals surface area contributed by atoms with E-state index in [-0.39, 0.29) is 11.7 Å². The summed E-state index contributed by atoms with van der Waals surface area (Å²) in [4.78, 5) is 11.5. The van der Waals surface area contributed by atoms with Gasteiger partial charge in [0.15, 0.2) is 0 Å². The smallest absolute Gasteiger partial charge is 0.317 e. The molecule has 0 saturated heterocycles. The molecule has 0 amide bonds. The molecular weight excluding hydrogens is 294 g/mol. The average Bonchev–Trinajstić information content (AvgIpc) is 2.46. The minimum Gasteiger partial charge on any atom is -0.491 e. The maximum atomic E-state index is 13.1. The second-order valence-corrected chi connectivity index (χ2v) is 5.34. The van der Waals surface area contributed by atoms with Gasteiger partial charge in [-0.05, 0) is 38.0 Å². The van der Waals surface area contributed by atoms with Crippen molar-refractivity contribution in [3.63, 3.8) is 0 Å². The molecule has 3 unspecified atom stereocenters. The molecule has 1 N–H and O–H groups in total. The summed E-state index contributed by atoms with van der Waals surface area (Å²) >= 11 is 0. The normalized spacial score (nSPS) is 16.7. The summed E-state index contributed by atoms with van der Waals surface area (Å²) in [5.74, 6) is -2.54. The predicted molar refractivity (Wildman–Crippen MR) is 77.9 cm³/mol. The SMILES string of the molecule is CCC(C)Oc1ccc(C(C)(O)C(C(=O)OC)C(F)F)cc1. The standard InChI is InChI=1S/C16H22F2O4/c1-5-10(2)22-12-8-6-11(7-9-12)16(3,20)13(14(17)18)15(19)21-4/h6-10,13-14,20H,5H2,1-4H3. The second-order valence-electron chi connectivity index (χ2n) is 5.34. The third-order valence-corrected chi connectivity index (χ3v) is 3.66. The van der Waals surface area contributed by atoms with Crippen LogP contribution in [0.15, 0.2) is 24.3 Å². The lowest BCUT2D eigenvalue weighted by molar-refractivity contribution is -0.167. The summed E-state index contributed by atoms with van der Waals surface area (Å²) in [6.45, 7) is 5.06. The lowest BCUT2D eigenvalue weighted by atomic mass is 9.83. The van der Waals surface area contributed by atoms with Gasteiger partial charge in [-0.25, -0.2) is 8.78 Å². The van der Waals surface area contributed by atoms with Crippen LogP contribution in [0.3, 0.4) is 0 Å². The minimum atomic E-state index is -3.04. The summed E-state index contributed by atoms with van der Waals surface area (Å²) in [5, 5.41) is 10.4. The first kappa shape index (κ1) is 18.4. The van der Waals surface area contributed by atoms with Crippen LogP contribution in [0.25, 0.3) is 0 Å². The Balaban J connectivity index is 3.03. The second kappa shape index (κ2) is 7.54. The van der Waals surface area contributed by atoms with Gasteiger partial charge in [-0.2, -0.15) is 0 Å². The van der Waals surface area contributed by atoms with Crippen molar-refractivity contribution in [2.75, 3.05) is 7.11 Å². The van der Waals surface area contributed by atoms with E-state index in [2.05, 4.69) is 4.74 Å². The van der Waals surface area contributed by atoms with Gasteiger partial charge < -0.3 is 14.6 Å². The summed E-state index contributed by atoms with van der Waals surface area (Å²) in [5.41, 5.74) is -1.85. The third kappa shape index (κ3) is 4.16. The van der Waals surface area contributed by atoms with Crippen molar-refractivity contribution in [3.05, 3.63) is 29.8 Å². The zero-order valence-electron chi connectivity index (χ0n) is 13.2. The molecule has 0 saturated carbocycles. The molecule has 22 heavy (non-hydrogen) atoms. The zero-order chi connectivity index (χ0) is 16.9. The Hall–Kier alpha value is -1.69.